The second-order valence-corrected chi connectivity index (χ2v) is 2.67. The Bertz CT molecular complexity index is 235. The minimum Gasteiger partial charge on any atom is -0.380 e. The van der Waals surface area contributed by atoms with E-state index in [9.17, 15) is 0 Å². The lowest BCUT2D eigenvalue weighted by Crippen LogP contribution is -2.19. The fourth-order valence-corrected chi connectivity index (χ4v) is 0.781. The first-order chi connectivity index (χ1) is 5.74. The topological polar surface area (TPSA) is 52.0 Å². The van der Waals surface area contributed by atoms with Crippen molar-refractivity contribution in [3.63, 3.8) is 0 Å². The molecule has 0 saturated carbocycles. The summed E-state index contributed by atoms with van der Waals surface area (Å²) in [5, 5.41) is 10.7. The molecule has 0 aromatic carbocycles. The smallest absolute Gasteiger partial charge is 0.144 e. The zero-order valence-electron chi connectivity index (χ0n) is 7.61. The fraction of sp³-hybridized carbons (Fsp3) is 0.714. The lowest BCUT2D eigenvalue weighted by molar-refractivity contribution is 0.128. The lowest BCUT2D eigenvalue weighted by Gasteiger charge is -2.10. The van der Waals surface area contributed by atoms with Gasteiger partial charge in [0.1, 0.15) is 5.82 Å². The van der Waals surface area contributed by atoms with Crippen molar-refractivity contribution in [2.45, 2.75) is 13.0 Å². The van der Waals surface area contributed by atoms with Gasteiger partial charge in [-0.1, -0.05) is 5.21 Å². The van der Waals surface area contributed by atoms with E-state index < -0.39 is 0 Å². The minimum absolute atomic E-state index is 0.194. The Morgan fingerprint density at radius 1 is 1.75 bits per heavy atom. The number of aryl methyl sites for hydroxylation is 1. The molecular formula is C7H14N4O. The van der Waals surface area contributed by atoms with Crippen LogP contribution in [0.5, 0.6) is 0 Å². The zero-order chi connectivity index (χ0) is 8.97. The van der Waals surface area contributed by atoms with Crippen LogP contribution in [0.15, 0.2) is 6.20 Å². The molecule has 5 nitrogen and oxygen atoms in total. The monoisotopic (exact) mass is 170 g/mol. The third-order valence-corrected chi connectivity index (χ3v) is 1.69. The predicted octanol–water partition coefficient (Wildman–Crippen LogP) is 0.262. The molecule has 12 heavy (non-hydrogen) atoms. The van der Waals surface area contributed by atoms with Gasteiger partial charge in [0.2, 0.25) is 0 Å². The second-order valence-electron chi connectivity index (χ2n) is 2.67. The molecule has 1 rings (SSSR count). The standard InChI is InChI=1S/C7H14N4O/c1-6(12-3)4-8-7-5-9-10-11(7)2/h5-6,8H,4H2,1-3H3. The summed E-state index contributed by atoms with van der Waals surface area (Å²) < 4.78 is 6.76. The van der Waals surface area contributed by atoms with E-state index >= 15 is 0 Å². The van der Waals surface area contributed by atoms with Crippen LogP contribution >= 0.6 is 0 Å². The van der Waals surface area contributed by atoms with Crippen LogP contribution in [-0.4, -0.2) is 34.8 Å². The van der Waals surface area contributed by atoms with Crippen molar-refractivity contribution in [3.8, 4) is 0 Å². The second kappa shape index (κ2) is 4.06. The highest BCUT2D eigenvalue weighted by Gasteiger charge is 2.01. The zero-order valence-corrected chi connectivity index (χ0v) is 7.61. The summed E-state index contributed by atoms with van der Waals surface area (Å²) >= 11 is 0. The first kappa shape index (κ1) is 8.99. The maximum Gasteiger partial charge on any atom is 0.144 e. The molecule has 0 aliphatic rings. The minimum atomic E-state index is 0.194. The number of methoxy groups -OCH3 is 1. The van der Waals surface area contributed by atoms with Crippen molar-refractivity contribution < 1.29 is 4.74 Å². The molecule has 1 N–H and O–H groups in total. The van der Waals surface area contributed by atoms with Gasteiger partial charge in [0.15, 0.2) is 0 Å². The Morgan fingerprint density at radius 2 is 2.50 bits per heavy atom. The van der Waals surface area contributed by atoms with Gasteiger partial charge in [-0.15, -0.1) is 5.10 Å². The van der Waals surface area contributed by atoms with E-state index in [1.54, 1.807) is 18.0 Å². The number of nitrogens with zero attached hydrogens (tertiary/aromatic N) is 3. The van der Waals surface area contributed by atoms with E-state index in [2.05, 4.69) is 15.6 Å². The van der Waals surface area contributed by atoms with Crippen LogP contribution in [0.4, 0.5) is 5.82 Å². The van der Waals surface area contributed by atoms with Crippen molar-refractivity contribution in [2.75, 3.05) is 19.0 Å². The summed E-state index contributed by atoms with van der Waals surface area (Å²) in [7, 11) is 3.53. The van der Waals surface area contributed by atoms with E-state index in [1.807, 2.05) is 14.0 Å². The number of rotatable bonds is 4. The molecule has 0 aliphatic carbocycles. The molecule has 1 aromatic heterocycles. The van der Waals surface area contributed by atoms with Crippen molar-refractivity contribution in [1.82, 2.24) is 15.0 Å². The normalized spacial score (nSPS) is 12.9. The van der Waals surface area contributed by atoms with Gasteiger partial charge in [-0.25, -0.2) is 4.68 Å². The molecule has 1 atom stereocenters. The molecule has 1 unspecified atom stereocenters. The van der Waals surface area contributed by atoms with Crippen LogP contribution in [0.3, 0.4) is 0 Å². The largest absolute Gasteiger partial charge is 0.380 e. The number of anilines is 1. The molecule has 1 aromatic rings. The van der Waals surface area contributed by atoms with Crippen LogP contribution in [0.25, 0.3) is 0 Å². The first-order valence-corrected chi connectivity index (χ1v) is 3.85. The number of nitrogens with one attached hydrogen (secondary N) is 1. The Hall–Kier alpha value is -1.10. The summed E-state index contributed by atoms with van der Waals surface area (Å²) in [6.45, 7) is 2.76. The highest BCUT2D eigenvalue weighted by Crippen LogP contribution is 2.00. The molecule has 1 heterocycles. The molecular weight excluding hydrogens is 156 g/mol. The van der Waals surface area contributed by atoms with Crippen LogP contribution in [-0.2, 0) is 11.8 Å². The molecule has 0 aliphatic heterocycles. The molecule has 0 spiro atoms. The third-order valence-electron chi connectivity index (χ3n) is 1.69. The molecule has 0 bridgehead atoms. The van der Waals surface area contributed by atoms with Gasteiger partial charge >= 0.3 is 0 Å². The van der Waals surface area contributed by atoms with Crippen molar-refractivity contribution in [2.24, 2.45) is 7.05 Å². The SMILES string of the molecule is COC(C)CNc1cnnn1C. The Morgan fingerprint density at radius 3 is 3.00 bits per heavy atom. The summed E-state index contributed by atoms with van der Waals surface area (Å²) in [4.78, 5) is 0. The molecule has 0 saturated heterocycles. The number of hydrogen-bond acceptors (Lipinski definition) is 4. The van der Waals surface area contributed by atoms with E-state index in [-0.39, 0.29) is 6.10 Å². The average Bonchev–Trinajstić information content (AvgIpc) is 2.47. The van der Waals surface area contributed by atoms with Gasteiger partial charge < -0.3 is 10.1 Å². The van der Waals surface area contributed by atoms with Gasteiger partial charge in [0.05, 0.1) is 12.3 Å². The van der Waals surface area contributed by atoms with Crippen LogP contribution in [0.1, 0.15) is 6.92 Å². The third kappa shape index (κ3) is 2.20. The Balaban J connectivity index is 2.38. The molecule has 5 heteroatoms. The Labute approximate surface area is 71.7 Å². The van der Waals surface area contributed by atoms with Gasteiger partial charge in [0.25, 0.3) is 0 Å². The predicted molar refractivity (Wildman–Crippen MR) is 46.0 cm³/mol. The van der Waals surface area contributed by atoms with E-state index in [0.717, 1.165) is 12.4 Å². The van der Waals surface area contributed by atoms with Gasteiger partial charge in [0, 0.05) is 20.7 Å². The number of hydrogen-bond donors (Lipinski definition) is 1. The lowest BCUT2D eigenvalue weighted by atomic mass is 10.4. The Kier molecular flexibility index (Phi) is 3.04. The maximum atomic E-state index is 5.08. The van der Waals surface area contributed by atoms with Gasteiger partial charge in [-0.3, -0.25) is 0 Å². The average molecular weight is 170 g/mol. The first-order valence-electron chi connectivity index (χ1n) is 3.85. The highest BCUT2D eigenvalue weighted by molar-refractivity contribution is 5.30. The van der Waals surface area contributed by atoms with E-state index in [4.69, 9.17) is 4.74 Å². The highest BCUT2D eigenvalue weighted by atomic mass is 16.5. The van der Waals surface area contributed by atoms with Crippen LogP contribution in [0.2, 0.25) is 0 Å². The van der Waals surface area contributed by atoms with Crippen LogP contribution < -0.4 is 5.32 Å². The van der Waals surface area contributed by atoms with Crippen molar-refractivity contribution >= 4 is 5.82 Å². The maximum absolute atomic E-state index is 5.08. The summed E-state index contributed by atoms with van der Waals surface area (Å²) in [6.07, 6.45) is 1.88. The summed E-state index contributed by atoms with van der Waals surface area (Å²) in [5.74, 6) is 0.902. The molecule has 0 amide bonds. The number of ether oxygens (including phenoxy) is 1. The van der Waals surface area contributed by atoms with E-state index in [0.29, 0.717) is 0 Å². The quantitative estimate of drug-likeness (QED) is 0.704. The summed E-state index contributed by atoms with van der Waals surface area (Å²) in [6, 6.07) is 0. The van der Waals surface area contributed by atoms with Crippen molar-refractivity contribution in [1.29, 1.82) is 0 Å². The molecule has 68 valence electrons. The summed E-state index contributed by atoms with van der Waals surface area (Å²) in [5.41, 5.74) is 0. The number of aromatic nitrogens is 3. The van der Waals surface area contributed by atoms with Crippen molar-refractivity contribution in [3.05, 3.63) is 6.20 Å². The van der Waals surface area contributed by atoms with Gasteiger partial charge in [-0.05, 0) is 6.92 Å². The fourth-order valence-electron chi connectivity index (χ4n) is 0.781. The molecule has 0 fully saturated rings. The molecule has 0 radical (unpaired) electrons. The van der Waals surface area contributed by atoms with Gasteiger partial charge in [-0.2, -0.15) is 0 Å². The van der Waals surface area contributed by atoms with Crippen LogP contribution in [0, 0.1) is 0 Å². The van der Waals surface area contributed by atoms with E-state index in [1.165, 1.54) is 0 Å².